The van der Waals surface area contributed by atoms with Crippen LogP contribution in [0.1, 0.15) is 20.7 Å². The first-order valence-electron chi connectivity index (χ1n) is 7.40. The highest BCUT2D eigenvalue weighted by Gasteiger charge is 2.39. The number of rotatable bonds is 2. The lowest BCUT2D eigenvalue weighted by Gasteiger charge is -2.33. The van der Waals surface area contributed by atoms with Crippen LogP contribution in [0, 0.1) is 0 Å². The van der Waals surface area contributed by atoms with E-state index in [2.05, 4.69) is 0 Å². The van der Waals surface area contributed by atoms with Crippen molar-refractivity contribution in [2.45, 2.75) is 0 Å². The molecular formula is C15H16N4O5. The van der Waals surface area contributed by atoms with Gasteiger partial charge in [0.25, 0.3) is 11.8 Å². The van der Waals surface area contributed by atoms with Crippen LogP contribution < -0.4 is 5.73 Å². The van der Waals surface area contributed by atoms with Crippen molar-refractivity contribution in [1.29, 1.82) is 0 Å². The number of carbonyl (C=O) groups excluding carboxylic acids is 3. The predicted molar refractivity (Wildman–Crippen MR) is 82.4 cm³/mol. The van der Waals surface area contributed by atoms with Crippen LogP contribution in [0.4, 0.5) is 10.5 Å². The van der Waals surface area contributed by atoms with Gasteiger partial charge in [-0.3, -0.25) is 19.3 Å². The fourth-order valence-electron chi connectivity index (χ4n) is 2.89. The van der Waals surface area contributed by atoms with Crippen LogP contribution in [0.2, 0.25) is 0 Å². The second kappa shape index (κ2) is 5.84. The molecule has 0 radical (unpaired) electrons. The fraction of sp³-hybridized carbons (Fsp3) is 0.333. The predicted octanol–water partition coefficient (Wildman–Crippen LogP) is -0.313. The molecule has 2 heterocycles. The van der Waals surface area contributed by atoms with Crippen LogP contribution in [0.5, 0.6) is 0 Å². The molecule has 4 amide bonds. The summed E-state index contributed by atoms with van der Waals surface area (Å²) in [6.45, 7) is 0.498. The number of piperazine rings is 1. The number of hydrogen-bond donors (Lipinski definition) is 2. The number of nitrogen functional groups attached to an aromatic ring is 1. The Kier molecular flexibility index (Phi) is 3.84. The number of anilines is 1. The second-order valence-corrected chi connectivity index (χ2v) is 5.62. The minimum Gasteiger partial charge on any atom is -0.465 e. The van der Waals surface area contributed by atoms with Crippen molar-refractivity contribution in [3.63, 3.8) is 0 Å². The van der Waals surface area contributed by atoms with E-state index in [1.807, 2.05) is 0 Å². The molecule has 0 unspecified atom stereocenters. The molecule has 9 heteroatoms. The Morgan fingerprint density at radius 3 is 2.25 bits per heavy atom. The van der Waals surface area contributed by atoms with Crippen LogP contribution in [0.25, 0.3) is 0 Å². The molecule has 0 saturated carbocycles. The van der Waals surface area contributed by atoms with Crippen LogP contribution in [0.3, 0.4) is 0 Å². The van der Waals surface area contributed by atoms with E-state index in [9.17, 15) is 19.2 Å². The van der Waals surface area contributed by atoms with Crippen LogP contribution in [-0.4, -0.2) is 76.3 Å². The van der Waals surface area contributed by atoms with Gasteiger partial charge in [-0.15, -0.1) is 0 Å². The third-order valence-electron chi connectivity index (χ3n) is 4.23. The van der Waals surface area contributed by atoms with E-state index >= 15 is 0 Å². The largest absolute Gasteiger partial charge is 0.465 e. The summed E-state index contributed by atoms with van der Waals surface area (Å²) in [6, 6.07) is 4.61. The number of hydrogen-bond acceptors (Lipinski definition) is 5. The highest BCUT2D eigenvalue weighted by Crippen LogP contribution is 2.27. The second-order valence-electron chi connectivity index (χ2n) is 5.62. The van der Waals surface area contributed by atoms with Gasteiger partial charge in [0.15, 0.2) is 0 Å². The molecule has 1 aromatic rings. The number of imide groups is 1. The normalized spacial score (nSPS) is 17.2. The summed E-state index contributed by atoms with van der Waals surface area (Å²) in [5.41, 5.74) is 6.28. The van der Waals surface area contributed by atoms with Gasteiger partial charge in [0.1, 0.15) is 6.54 Å². The minimum absolute atomic E-state index is 0.131. The average Bonchev–Trinajstić information content (AvgIpc) is 2.81. The van der Waals surface area contributed by atoms with Gasteiger partial charge in [-0.05, 0) is 12.1 Å². The van der Waals surface area contributed by atoms with Crippen LogP contribution in [-0.2, 0) is 4.79 Å². The summed E-state index contributed by atoms with van der Waals surface area (Å²) in [5, 5.41) is 8.90. The first-order valence-corrected chi connectivity index (χ1v) is 7.40. The van der Waals surface area contributed by atoms with E-state index < -0.39 is 23.8 Å². The Morgan fingerprint density at radius 2 is 1.67 bits per heavy atom. The van der Waals surface area contributed by atoms with Gasteiger partial charge in [-0.2, -0.15) is 0 Å². The Hall–Kier alpha value is -3.10. The maximum atomic E-state index is 12.4. The summed E-state index contributed by atoms with van der Waals surface area (Å²) in [4.78, 5) is 51.4. The Bertz CT molecular complexity index is 739. The molecule has 2 aliphatic rings. The maximum Gasteiger partial charge on any atom is 0.407 e. The van der Waals surface area contributed by atoms with Crippen molar-refractivity contribution < 1.29 is 24.3 Å². The lowest BCUT2D eigenvalue weighted by molar-refractivity contribution is -0.133. The van der Waals surface area contributed by atoms with Crippen molar-refractivity contribution in [2.24, 2.45) is 0 Å². The topological polar surface area (TPSA) is 124 Å². The molecule has 9 nitrogen and oxygen atoms in total. The lowest BCUT2D eigenvalue weighted by atomic mass is 10.1. The molecule has 0 atom stereocenters. The van der Waals surface area contributed by atoms with Crippen LogP contribution >= 0.6 is 0 Å². The fourth-order valence-corrected chi connectivity index (χ4v) is 2.89. The summed E-state index contributed by atoms with van der Waals surface area (Å²) in [7, 11) is 0. The molecule has 24 heavy (non-hydrogen) atoms. The molecular weight excluding hydrogens is 316 g/mol. The van der Waals surface area contributed by atoms with Gasteiger partial charge in [0, 0.05) is 31.9 Å². The van der Waals surface area contributed by atoms with Crippen molar-refractivity contribution in [2.75, 3.05) is 38.5 Å². The molecule has 1 aromatic carbocycles. The van der Waals surface area contributed by atoms with E-state index in [-0.39, 0.29) is 49.5 Å². The summed E-state index contributed by atoms with van der Waals surface area (Å²) in [5.74, 6) is -1.52. The highest BCUT2D eigenvalue weighted by molar-refractivity contribution is 6.24. The van der Waals surface area contributed by atoms with E-state index in [1.165, 1.54) is 21.9 Å². The number of fused-ring (bicyclic) bond motifs is 1. The SMILES string of the molecule is Nc1cccc2c1C(=O)N(CC(=O)N1CCN(C(=O)O)CC1)C2=O. The summed E-state index contributed by atoms with van der Waals surface area (Å²) >= 11 is 0. The smallest absolute Gasteiger partial charge is 0.407 e. The summed E-state index contributed by atoms with van der Waals surface area (Å²) in [6.07, 6.45) is -1.03. The van der Waals surface area contributed by atoms with Crippen molar-refractivity contribution in [3.05, 3.63) is 29.3 Å². The van der Waals surface area contributed by atoms with E-state index in [0.717, 1.165) is 4.90 Å². The molecule has 3 N–H and O–H groups in total. The number of nitrogens with two attached hydrogens (primary N) is 1. The average molecular weight is 332 g/mol. The number of benzene rings is 1. The van der Waals surface area contributed by atoms with Gasteiger partial charge in [-0.1, -0.05) is 6.07 Å². The molecule has 3 rings (SSSR count). The van der Waals surface area contributed by atoms with Crippen LogP contribution in [0.15, 0.2) is 18.2 Å². The third kappa shape index (κ3) is 2.53. The monoisotopic (exact) mass is 332 g/mol. The van der Waals surface area contributed by atoms with E-state index in [1.54, 1.807) is 6.07 Å². The van der Waals surface area contributed by atoms with Crippen molar-refractivity contribution in [1.82, 2.24) is 14.7 Å². The molecule has 126 valence electrons. The van der Waals surface area contributed by atoms with E-state index in [0.29, 0.717) is 0 Å². The standard InChI is InChI=1S/C15H16N4O5/c16-10-3-1-2-9-12(10)14(22)19(13(9)21)8-11(20)17-4-6-18(7-5-17)15(23)24/h1-3H,4-8,16H2,(H,23,24). The first-order chi connectivity index (χ1) is 11.4. The van der Waals surface area contributed by atoms with Gasteiger partial charge in [0.2, 0.25) is 5.91 Å². The lowest BCUT2D eigenvalue weighted by Crippen LogP contribution is -2.52. The number of carbonyl (C=O) groups is 4. The van der Waals surface area contributed by atoms with Gasteiger partial charge in [-0.25, -0.2) is 4.79 Å². The Morgan fingerprint density at radius 1 is 1.04 bits per heavy atom. The number of carboxylic acid groups (broad SMARTS) is 1. The molecule has 0 spiro atoms. The third-order valence-corrected chi connectivity index (χ3v) is 4.23. The highest BCUT2D eigenvalue weighted by atomic mass is 16.4. The Balaban J connectivity index is 1.68. The van der Waals surface area contributed by atoms with Gasteiger partial charge < -0.3 is 20.6 Å². The quantitative estimate of drug-likeness (QED) is 0.565. The molecule has 0 aromatic heterocycles. The first kappa shape index (κ1) is 15.8. The molecule has 0 bridgehead atoms. The molecule has 2 aliphatic heterocycles. The molecule has 1 saturated heterocycles. The Labute approximate surface area is 137 Å². The van der Waals surface area contributed by atoms with Gasteiger partial charge in [0.05, 0.1) is 11.1 Å². The zero-order valence-corrected chi connectivity index (χ0v) is 12.8. The number of amides is 4. The van der Waals surface area contributed by atoms with Crippen molar-refractivity contribution in [3.8, 4) is 0 Å². The zero-order chi connectivity index (χ0) is 17.4. The molecule has 1 fully saturated rings. The minimum atomic E-state index is -1.03. The molecule has 0 aliphatic carbocycles. The van der Waals surface area contributed by atoms with Gasteiger partial charge >= 0.3 is 6.09 Å². The maximum absolute atomic E-state index is 12.4. The zero-order valence-electron chi connectivity index (χ0n) is 12.8. The van der Waals surface area contributed by atoms with Crippen molar-refractivity contribution >= 4 is 29.5 Å². The van der Waals surface area contributed by atoms with E-state index in [4.69, 9.17) is 10.8 Å². The number of nitrogens with zero attached hydrogens (tertiary/aromatic N) is 3. The summed E-state index contributed by atoms with van der Waals surface area (Å²) < 4.78 is 0.